The van der Waals surface area contributed by atoms with Gasteiger partial charge < -0.3 is 10.6 Å². The minimum absolute atomic E-state index is 0.0933. The molecule has 0 aromatic heterocycles. The SMILES string of the molecule is Cc1ccccc1C(=O)Nc1cccc(SC(C(=O)Nc2cccc(C)c2C)c2ccccc2)c1. The summed E-state index contributed by atoms with van der Waals surface area (Å²) in [5.74, 6) is -0.248. The fraction of sp³-hybridized carbons (Fsp3) is 0.133. The van der Waals surface area contributed by atoms with Crippen molar-refractivity contribution in [1.82, 2.24) is 0 Å². The standard InChI is InChI=1S/C30H28N2O2S/c1-20-12-9-18-27(22(20)3)32-30(34)28(23-13-5-4-6-14-23)35-25-16-10-15-24(19-25)31-29(33)26-17-8-7-11-21(26)2/h4-19,28H,1-3H3,(H,31,33)(H,32,34). The largest absolute Gasteiger partial charge is 0.325 e. The van der Waals surface area contributed by atoms with Crippen molar-refractivity contribution in [2.75, 3.05) is 10.6 Å². The topological polar surface area (TPSA) is 58.2 Å². The number of aryl methyl sites for hydroxylation is 2. The average molecular weight is 481 g/mol. The lowest BCUT2D eigenvalue weighted by Gasteiger charge is -2.19. The van der Waals surface area contributed by atoms with Gasteiger partial charge in [-0.15, -0.1) is 11.8 Å². The van der Waals surface area contributed by atoms with E-state index >= 15 is 0 Å². The van der Waals surface area contributed by atoms with Crippen LogP contribution in [0.4, 0.5) is 11.4 Å². The van der Waals surface area contributed by atoms with E-state index in [4.69, 9.17) is 0 Å². The Morgan fingerprint density at radius 1 is 0.714 bits per heavy atom. The molecule has 0 bridgehead atoms. The number of amides is 2. The molecule has 4 aromatic rings. The maximum Gasteiger partial charge on any atom is 0.255 e. The highest BCUT2D eigenvalue weighted by Crippen LogP contribution is 2.37. The van der Waals surface area contributed by atoms with E-state index < -0.39 is 5.25 Å². The Morgan fingerprint density at radius 3 is 2.17 bits per heavy atom. The Bertz CT molecular complexity index is 1350. The first-order chi connectivity index (χ1) is 16.9. The van der Waals surface area contributed by atoms with Gasteiger partial charge in [0.25, 0.3) is 5.91 Å². The lowest BCUT2D eigenvalue weighted by atomic mass is 10.1. The summed E-state index contributed by atoms with van der Waals surface area (Å²) in [5, 5.41) is 5.64. The molecular weight excluding hydrogens is 452 g/mol. The number of benzene rings is 4. The fourth-order valence-electron chi connectivity index (χ4n) is 3.79. The lowest BCUT2D eigenvalue weighted by Crippen LogP contribution is -2.19. The molecule has 0 fully saturated rings. The van der Waals surface area contributed by atoms with E-state index in [-0.39, 0.29) is 11.8 Å². The van der Waals surface area contributed by atoms with Crippen molar-refractivity contribution in [2.24, 2.45) is 0 Å². The first-order valence-corrected chi connectivity index (χ1v) is 12.4. The Labute approximate surface area is 210 Å². The summed E-state index contributed by atoms with van der Waals surface area (Å²) < 4.78 is 0. The summed E-state index contributed by atoms with van der Waals surface area (Å²) in [7, 11) is 0. The Balaban J connectivity index is 1.57. The molecule has 0 heterocycles. The zero-order chi connectivity index (χ0) is 24.8. The first kappa shape index (κ1) is 24.3. The lowest BCUT2D eigenvalue weighted by molar-refractivity contribution is -0.115. The van der Waals surface area contributed by atoms with Crippen molar-refractivity contribution in [2.45, 2.75) is 30.9 Å². The summed E-state index contributed by atoms with van der Waals surface area (Å²) in [5.41, 5.74) is 6.15. The highest BCUT2D eigenvalue weighted by molar-refractivity contribution is 8.00. The Kier molecular flexibility index (Phi) is 7.68. The van der Waals surface area contributed by atoms with Gasteiger partial charge >= 0.3 is 0 Å². The quantitative estimate of drug-likeness (QED) is 0.272. The number of nitrogens with one attached hydrogen (secondary N) is 2. The van der Waals surface area contributed by atoms with E-state index in [1.165, 1.54) is 11.8 Å². The third-order valence-electron chi connectivity index (χ3n) is 5.94. The predicted octanol–water partition coefficient (Wildman–Crippen LogP) is 7.34. The average Bonchev–Trinajstić information content (AvgIpc) is 2.86. The second-order valence-electron chi connectivity index (χ2n) is 8.44. The van der Waals surface area contributed by atoms with Crippen LogP contribution in [-0.4, -0.2) is 11.8 Å². The van der Waals surface area contributed by atoms with Gasteiger partial charge in [-0.2, -0.15) is 0 Å². The first-order valence-electron chi connectivity index (χ1n) is 11.5. The van der Waals surface area contributed by atoms with Crippen LogP contribution in [0, 0.1) is 20.8 Å². The Morgan fingerprint density at radius 2 is 1.40 bits per heavy atom. The predicted molar refractivity (Wildman–Crippen MR) is 145 cm³/mol. The molecular formula is C30H28N2O2S. The van der Waals surface area contributed by atoms with Crippen molar-refractivity contribution in [1.29, 1.82) is 0 Å². The fourth-order valence-corrected chi connectivity index (χ4v) is 4.88. The molecule has 1 unspecified atom stereocenters. The van der Waals surface area contributed by atoms with Crippen LogP contribution in [0.2, 0.25) is 0 Å². The van der Waals surface area contributed by atoms with Crippen molar-refractivity contribution in [3.63, 3.8) is 0 Å². The van der Waals surface area contributed by atoms with Crippen molar-refractivity contribution in [3.8, 4) is 0 Å². The van der Waals surface area contributed by atoms with Gasteiger partial charge in [0, 0.05) is 21.8 Å². The van der Waals surface area contributed by atoms with Crippen molar-refractivity contribution in [3.05, 3.63) is 125 Å². The van der Waals surface area contributed by atoms with Crippen LogP contribution >= 0.6 is 11.8 Å². The van der Waals surface area contributed by atoms with Gasteiger partial charge in [-0.1, -0.05) is 66.7 Å². The van der Waals surface area contributed by atoms with Gasteiger partial charge in [0.1, 0.15) is 5.25 Å². The molecule has 0 aliphatic heterocycles. The molecule has 35 heavy (non-hydrogen) atoms. The molecule has 1 atom stereocenters. The zero-order valence-corrected chi connectivity index (χ0v) is 20.9. The van der Waals surface area contributed by atoms with Crippen LogP contribution < -0.4 is 10.6 Å². The summed E-state index contributed by atoms with van der Waals surface area (Å²) in [6.07, 6.45) is 0. The maximum atomic E-state index is 13.5. The summed E-state index contributed by atoms with van der Waals surface area (Å²) in [4.78, 5) is 27.1. The summed E-state index contributed by atoms with van der Waals surface area (Å²) >= 11 is 1.46. The molecule has 0 saturated carbocycles. The third kappa shape index (κ3) is 6.00. The van der Waals surface area contributed by atoms with Crippen LogP contribution in [0.5, 0.6) is 0 Å². The van der Waals surface area contributed by atoms with Crippen LogP contribution in [0.25, 0.3) is 0 Å². The van der Waals surface area contributed by atoms with Gasteiger partial charge in [0.05, 0.1) is 0 Å². The second kappa shape index (κ2) is 11.1. The van der Waals surface area contributed by atoms with Gasteiger partial charge in [-0.3, -0.25) is 9.59 Å². The number of hydrogen-bond acceptors (Lipinski definition) is 3. The van der Waals surface area contributed by atoms with E-state index in [0.29, 0.717) is 11.3 Å². The molecule has 0 saturated heterocycles. The number of hydrogen-bond donors (Lipinski definition) is 2. The number of thioether (sulfide) groups is 1. The minimum Gasteiger partial charge on any atom is -0.325 e. The molecule has 2 N–H and O–H groups in total. The van der Waals surface area contributed by atoms with E-state index in [2.05, 4.69) is 10.6 Å². The molecule has 0 spiro atoms. The zero-order valence-electron chi connectivity index (χ0n) is 20.0. The molecule has 0 aliphatic carbocycles. The Hall–Kier alpha value is -3.83. The van der Waals surface area contributed by atoms with Crippen LogP contribution in [-0.2, 0) is 4.79 Å². The van der Waals surface area contributed by atoms with Gasteiger partial charge in [-0.25, -0.2) is 0 Å². The van der Waals surface area contributed by atoms with E-state index in [0.717, 1.165) is 32.8 Å². The van der Waals surface area contributed by atoms with E-state index in [9.17, 15) is 9.59 Å². The summed E-state index contributed by atoms with van der Waals surface area (Å²) in [6.45, 7) is 5.96. The molecule has 0 radical (unpaired) electrons. The number of anilines is 2. The maximum absolute atomic E-state index is 13.5. The van der Waals surface area contributed by atoms with E-state index in [1.807, 2.05) is 118 Å². The number of rotatable bonds is 7. The monoisotopic (exact) mass is 480 g/mol. The molecule has 5 heteroatoms. The molecule has 4 rings (SSSR count). The van der Waals surface area contributed by atoms with Crippen molar-refractivity contribution >= 4 is 35.0 Å². The summed E-state index contributed by atoms with van der Waals surface area (Å²) in [6, 6.07) is 30.7. The highest BCUT2D eigenvalue weighted by Gasteiger charge is 2.23. The molecule has 4 aromatic carbocycles. The number of carbonyl (C=O) groups excluding carboxylic acids is 2. The second-order valence-corrected chi connectivity index (χ2v) is 9.62. The van der Waals surface area contributed by atoms with Gasteiger partial charge in [0.15, 0.2) is 0 Å². The molecule has 176 valence electrons. The van der Waals surface area contributed by atoms with Crippen LogP contribution in [0.1, 0.15) is 37.9 Å². The highest BCUT2D eigenvalue weighted by atomic mass is 32.2. The molecule has 4 nitrogen and oxygen atoms in total. The van der Waals surface area contributed by atoms with E-state index in [1.54, 1.807) is 0 Å². The smallest absolute Gasteiger partial charge is 0.255 e. The number of carbonyl (C=O) groups is 2. The molecule has 0 aliphatic rings. The molecule has 2 amide bonds. The van der Waals surface area contributed by atoms with Crippen LogP contribution in [0.3, 0.4) is 0 Å². The van der Waals surface area contributed by atoms with Crippen LogP contribution in [0.15, 0.2) is 102 Å². The van der Waals surface area contributed by atoms with Gasteiger partial charge in [-0.05, 0) is 73.4 Å². The van der Waals surface area contributed by atoms with Crippen molar-refractivity contribution < 1.29 is 9.59 Å². The van der Waals surface area contributed by atoms with Gasteiger partial charge in [0.2, 0.25) is 5.91 Å². The minimum atomic E-state index is -0.460. The third-order valence-corrected chi connectivity index (χ3v) is 7.19. The normalized spacial score (nSPS) is 11.5.